The van der Waals surface area contributed by atoms with Crippen LogP contribution >= 0.6 is 0 Å². The maximum absolute atomic E-state index is 5.66. The van der Waals surface area contributed by atoms with Crippen LogP contribution in [0.5, 0.6) is 0 Å². The second-order valence-corrected chi connectivity index (χ2v) is 3.52. The molecule has 0 radical (unpaired) electrons. The molecule has 4 N–H and O–H groups in total. The molecule has 0 bridgehead atoms. The summed E-state index contributed by atoms with van der Waals surface area (Å²) in [5.41, 5.74) is 14.7. The Balaban J connectivity index is 2.59. The van der Waals surface area contributed by atoms with Crippen molar-refractivity contribution in [1.29, 1.82) is 0 Å². The van der Waals surface area contributed by atoms with Gasteiger partial charge in [-0.2, -0.15) is 0 Å². The minimum absolute atomic E-state index is 0.452. The van der Waals surface area contributed by atoms with Crippen LogP contribution < -0.4 is 11.5 Å². The zero-order valence-corrected chi connectivity index (χ0v) is 8.57. The first kappa shape index (κ1) is 9.52. The molecule has 0 aliphatic heterocycles. The quantitative estimate of drug-likeness (QED) is 0.740. The van der Waals surface area contributed by atoms with Crippen LogP contribution in [0.4, 0.5) is 11.6 Å². The predicted molar refractivity (Wildman–Crippen MR) is 63.2 cm³/mol. The Labute approximate surface area is 88.8 Å². The number of pyridine rings is 1. The van der Waals surface area contributed by atoms with E-state index in [0.29, 0.717) is 11.6 Å². The summed E-state index contributed by atoms with van der Waals surface area (Å²) in [6.45, 7) is 2.06. The van der Waals surface area contributed by atoms with Crippen LogP contribution in [0.2, 0.25) is 0 Å². The molecule has 2 rings (SSSR count). The fourth-order valence-electron chi connectivity index (χ4n) is 1.63. The zero-order chi connectivity index (χ0) is 10.8. The molecule has 0 atom stereocenters. The number of rotatable bonds is 1. The monoisotopic (exact) mass is 199 g/mol. The van der Waals surface area contributed by atoms with Crippen molar-refractivity contribution in [1.82, 2.24) is 4.98 Å². The van der Waals surface area contributed by atoms with Gasteiger partial charge in [-0.25, -0.2) is 4.98 Å². The van der Waals surface area contributed by atoms with Gasteiger partial charge in [0, 0.05) is 0 Å². The average molecular weight is 199 g/mol. The van der Waals surface area contributed by atoms with E-state index in [1.165, 1.54) is 5.56 Å². The standard InChI is InChI=1S/C12H13N3/c1-8-4-2-3-5-10(8)9-6-11(13)15-12(14)7-9/h2-7H,1H3,(H4,13,14,15). The van der Waals surface area contributed by atoms with Crippen LogP contribution in [0, 0.1) is 6.92 Å². The van der Waals surface area contributed by atoms with Crippen molar-refractivity contribution >= 4 is 11.6 Å². The van der Waals surface area contributed by atoms with E-state index < -0.39 is 0 Å². The molecule has 3 nitrogen and oxygen atoms in total. The summed E-state index contributed by atoms with van der Waals surface area (Å²) in [4.78, 5) is 3.94. The summed E-state index contributed by atoms with van der Waals surface area (Å²) < 4.78 is 0. The Bertz CT molecular complexity index is 472. The number of aromatic nitrogens is 1. The molecule has 0 amide bonds. The molecular formula is C12H13N3. The summed E-state index contributed by atoms with van der Waals surface area (Å²) in [6.07, 6.45) is 0. The Hall–Kier alpha value is -2.03. The molecule has 3 heteroatoms. The molecule has 0 saturated carbocycles. The number of hydrogen-bond acceptors (Lipinski definition) is 3. The lowest BCUT2D eigenvalue weighted by molar-refractivity contribution is 1.34. The molecule has 0 fully saturated rings. The van der Waals surface area contributed by atoms with Crippen LogP contribution in [-0.2, 0) is 0 Å². The van der Waals surface area contributed by atoms with Gasteiger partial charge in [0.2, 0.25) is 0 Å². The van der Waals surface area contributed by atoms with E-state index in [1.807, 2.05) is 30.3 Å². The highest BCUT2D eigenvalue weighted by molar-refractivity contribution is 5.71. The lowest BCUT2D eigenvalue weighted by Crippen LogP contribution is -1.96. The molecule has 2 aromatic rings. The van der Waals surface area contributed by atoms with Crippen LogP contribution in [-0.4, -0.2) is 4.98 Å². The van der Waals surface area contributed by atoms with Gasteiger partial charge in [-0.15, -0.1) is 0 Å². The minimum Gasteiger partial charge on any atom is -0.384 e. The third kappa shape index (κ3) is 1.91. The van der Waals surface area contributed by atoms with Gasteiger partial charge in [0.1, 0.15) is 11.6 Å². The minimum atomic E-state index is 0.452. The van der Waals surface area contributed by atoms with Crippen molar-refractivity contribution in [3.63, 3.8) is 0 Å². The van der Waals surface area contributed by atoms with Gasteiger partial charge in [0.25, 0.3) is 0 Å². The van der Waals surface area contributed by atoms with E-state index >= 15 is 0 Å². The molecule has 0 saturated heterocycles. The van der Waals surface area contributed by atoms with Gasteiger partial charge in [-0.05, 0) is 35.7 Å². The normalized spacial score (nSPS) is 10.2. The van der Waals surface area contributed by atoms with Crippen LogP contribution in [0.15, 0.2) is 36.4 Å². The van der Waals surface area contributed by atoms with E-state index in [-0.39, 0.29) is 0 Å². The molecule has 1 aromatic heterocycles. The lowest BCUT2D eigenvalue weighted by Gasteiger charge is -2.07. The van der Waals surface area contributed by atoms with Crippen LogP contribution in [0.1, 0.15) is 5.56 Å². The second kappa shape index (κ2) is 3.61. The van der Waals surface area contributed by atoms with Crippen LogP contribution in [0.25, 0.3) is 11.1 Å². The van der Waals surface area contributed by atoms with E-state index in [9.17, 15) is 0 Å². The Kier molecular flexibility index (Phi) is 2.29. The average Bonchev–Trinajstić information content (AvgIpc) is 2.16. The van der Waals surface area contributed by atoms with Crippen molar-refractivity contribution < 1.29 is 0 Å². The van der Waals surface area contributed by atoms with E-state index in [4.69, 9.17) is 11.5 Å². The highest BCUT2D eigenvalue weighted by Crippen LogP contribution is 2.25. The number of hydrogen-bond donors (Lipinski definition) is 2. The molecule has 0 spiro atoms. The largest absolute Gasteiger partial charge is 0.384 e. The topological polar surface area (TPSA) is 64.9 Å². The predicted octanol–water partition coefficient (Wildman–Crippen LogP) is 2.22. The summed E-state index contributed by atoms with van der Waals surface area (Å²) in [7, 11) is 0. The number of benzene rings is 1. The second-order valence-electron chi connectivity index (χ2n) is 3.52. The van der Waals surface area contributed by atoms with Crippen molar-refractivity contribution in [2.75, 3.05) is 11.5 Å². The van der Waals surface area contributed by atoms with Gasteiger partial charge in [0.05, 0.1) is 0 Å². The van der Waals surface area contributed by atoms with Gasteiger partial charge < -0.3 is 11.5 Å². The lowest BCUT2D eigenvalue weighted by atomic mass is 10.0. The molecule has 0 aliphatic carbocycles. The molecule has 0 aliphatic rings. The van der Waals surface area contributed by atoms with E-state index in [1.54, 1.807) is 0 Å². The first-order chi connectivity index (χ1) is 7.16. The molecule has 76 valence electrons. The molecule has 1 heterocycles. The van der Waals surface area contributed by atoms with Crippen molar-refractivity contribution in [2.45, 2.75) is 6.92 Å². The number of nitrogen functional groups attached to an aromatic ring is 2. The molecular weight excluding hydrogens is 186 g/mol. The first-order valence-corrected chi connectivity index (χ1v) is 4.76. The third-order valence-electron chi connectivity index (χ3n) is 2.32. The Morgan fingerprint density at radius 3 is 2.20 bits per heavy atom. The SMILES string of the molecule is Cc1ccccc1-c1cc(N)nc(N)c1. The zero-order valence-electron chi connectivity index (χ0n) is 8.57. The van der Waals surface area contributed by atoms with Crippen molar-refractivity contribution in [3.05, 3.63) is 42.0 Å². The Morgan fingerprint density at radius 1 is 1.00 bits per heavy atom. The molecule has 15 heavy (non-hydrogen) atoms. The summed E-state index contributed by atoms with van der Waals surface area (Å²) in [5.74, 6) is 0.904. The fraction of sp³-hybridized carbons (Fsp3) is 0.0833. The maximum atomic E-state index is 5.66. The summed E-state index contributed by atoms with van der Waals surface area (Å²) in [5, 5.41) is 0. The van der Waals surface area contributed by atoms with Crippen molar-refractivity contribution in [3.8, 4) is 11.1 Å². The highest BCUT2D eigenvalue weighted by Gasteiger charge is 2.03. The van der Waals surface area contributed by atoms with E-state index in [2.05, 4.69) is 18.0 Å². The number of anilines is 2. The van der Waals surface area contributed by atoms with Gasteiger partial charge in [-0.3, -0.25) is 0 Å². The van der Waals surface area contributed by atoms with Crippen LogP contribution in [0.3, 0.4) is 0 Å². The first-order valence-electron chi connectivity index (χ1n) is 4.76. The smallest absolute Gasteiger partial charge is 0.126 e. The van der Waals surface area contributed by atoms with Gasteiger partial charge in [0.15, 0.2) is 0 Å². The van der Waals surface area contributed by atoms with Crippen molar-refractivity contribution in [2.24, 2.45) is 0 Å². The molecule has 0 unspecified atom stereocenters. The summed E-state index contributed by atoms with van der Waals surface area (Å²) >= 11 is 0. The number of nitrogens with zero attached hydrogens (tertiary/aromatic N) is 1. The number of aryl methyl sites for hydroxylation is 1. The molecule has 1 aromatic carbocycles. The Morgan fingerprint density at radius 2 is 1.60 bits per heavy atom. The summed E-state index contributed by atoms with van der Waals surface area (Å²) in [6, 6.07) is 11.8. The number of nitrogens with two attached hydrogens (primary N) is 2. The third-order valence-corrected chi connectivity index (χ3v) is 2.32. The highest BCUT2D eigenvalue weighted by atomic mass is 14.9. The van der Waals surface area contributed by atoms with Gasteiger partial charge in [-0.1, -0.05) is 24.3 Å². The maximum Gasteiger partial charge on any atom is 0.126 e. The van der Waals surface area contributed by atoms with E-state index in [0.717, 1.165) is 11.1 Å². The van der Waals surface area contributed by atoms with Gasteiger partial charge >= 0.3 is 0 Å². The fourth-order valence-corrected chi connectivity index (χ4v) is 1.63.